The van der Waals surface area contributed by atoms with Crippen LogP contribution in [0.4, 0.5) is 0 Å². The van der Waals surface area contributed by atoms with Gasteiger partial charge in [0, 0.05) is 42.1 Å². The number of imidazole rings is 1. The van der Waals surface area contributed by atoms with Crippen LogP contribution in [0.3, 0.4) is 0 Å². The van der Waals surface area contributed by atoms with E-state index in [1.54, 1.807) is 23.0 Å². The highest BCUT2D eigenvalue weighted by molar-refractivity contribution is 7.90. The molecule has 1 atom stereocenters. The number of aryl methyl sites for hydroxylation is 1. The molecule has 5 heterocycles. The van der Waals surface area contributed by atoms with Gasteiger partial charge in [-0.25, -0.2) is 14.5 Å². The zero-order valence-corrected chi connectivity index (χ0v) is 25.4. The van der Waals surface area contributed by atoms with Crippen LogP contribution in [0.5, 0.6) is 11.5 Å². The molecule has 10 nitrogen and oxygen atoms in total. The minimum Gasteiger partial charge on any atom is -0.598 e. The molecule has 0 amide bonds. The van der Waals surface area contributed by atoms with Crippen LogP contribution in [-0.2, 0) is 28.2 Å². The molecule has 5 aromatic rings. The Morgan fingerprint density at radius 1 is 1.20 bits per heavy atom. The Bertz CT molecular complexity index is 1610. The van der Waals surface area contributed by atoms with Crippen molar-refractivity contribution >= 4 is 50.0 Å². The lowest BCUT2D eigenvalue weighted by atomic mass is 9.92. The topological polar surface area (TPSA) is 119 Å². The van der Waals surface area contributed by atoms with Crippen LogP contribution in [-0.4, -0.2) is 49.2 Å². The van der Waals surface area contributed by atoms with E-state index in [2.05, 4.69) is 14.8 Å². The van der Waals surface area contributed by atoms with Gasteiger partial charge in [0.05, 0.1) is 24.4 Å². The molecule has 40 heavy (non-hydrogen) atoms. The lowest BCUT2D eigenvalue weighted by Gasteiger charge is -2.38. The van der Waals surface area contributed by atoms with Crippen LogP contribution in [0.1, 0.15) is 49.3 Å². The molecule has 0 spiro atoms. The van der Waals surface area contributed by atoms with Crippen molar-refractivity contribution in [3.8, 4) is 23.0 Å². The first kappa shape index (κ1) is 27.5. The number of aromatic nitrogens is 4. The molecule has 0 aliphatic carbocycles. The number of hydrogen-bond donors (Lipinski definition) is 1. The van der Waals surface area contributed by atoms with E-state index in [1.807, 2.05) is 57.5 Å². The minimum absolute atomic E-state index is 0.262. The van der Waals surface area contributed by atoms with Gasteiger partial charge >= 0.3 is 0 Å². The maximum atomic E-state index is 13.1. The third-order valence-corrected chi connectivity index (χ3v) is 10.4. The molecular weight excluding hydrogens is 571 g/mol. The number of hydrogen-bond acceptors (Lipinski definition) is 11. The monoisotopic (exact) mass is 601 g/mol. The van der Waals surface area contributed by atoms with Crippen LogP contribution in [0.15, 0.2) is 34.2 Å². The normalized spacial score (nSPS) is 16.6. The number of furan rings is 1. The van der Waals surface area contributed by atoms with Crippen molar-refractivity contribution in [2.75, 3.05) is 20.3 Å². The first-order valence-corrected chi connectivity index (χ1v) is 15.8. The van der Waals surface area contributed by atoms with Crippen molar-refractivity contribution < 1.29 is 23.2 Å². The van der Waals surface area contributed by atoms with Crippen molar-refractivity contribution in [1.82, 2.24) is 24.3 Å². The molecule has 1 aliphatic heterocycles. The van der Waals surface area contributed by atoms with Crippen LogP contribution in [0, 0.1) is 6.92 Å². The van der Waals surface area contributed by atoms with Crippen LogP contribution in [0.2, 0.25) is 0 Å². The van der Waals surface area contributed by atoms with Crippen LogP contribution >= 0.6 is 22.7 Å². The molecular formula is C27H31N5O5S3. The number of ether oxygens (including phenoxy) is 3. The highest BCUT2D eigenvalue weighted by atomic mass is 32.2. The second-order valence-electron chi connectivity index (χ2n) is 10.7. The lowest BCUT2D eigenvalue weighted by Crippen LogP contribution is -2.53. The fourth-order valence-electron chi connectivity index (χ4n) is 4.52. The summed E-state index contributed by atoms with van der Waals surface area (Å²) in [5.74, 6) is 1.88. The smallest absolute Gasteiger partial charge is 0.212 e. The molecule has 1 fully saturated rings. The Morgan fingerprint density at radius 2 is 2.00 bits per heavy atom. The van der Waals surface area contributed by atoms with E-state index in [9.17, 15) is 4.55 Å². The number of rotatable bonds is 8. The summed E-state index contributed by atoms with van der Waals surface area (Å²) in [7, 11) is 1.61. The van der Waals surface area contributed by atoms with Crippen molar-refractivity contribution in [3.05, 3.63) is 45.5 Å². The summed E-state index contributed by atoms with van der Waals surface area (Å²) in [6.45, 7) is 9.30. The van der Waals surface area contributed by atoms with Gasteiger partial charge in [0.1, 0.15) is 49.7 Å². The van der Waals surface area contributed by atoms with Gasteiger partial charge in [-0.2, -0.15) is 5.10 Å². The number of methoxy groups -OCH3 is 1. The van der Waals surface area contributed by atoms with Gasteiger partial charge in [-0.3, -0.25) is 0 Å². The summed E-state index contributed by atoms with van der Waals surface area (Å²) in [5.41, 5.74) is 1.64. The van der Waals surface area contributed by atoms with Crippen LogP contribution < -0.4 is 14.2 Å². The van der Waals surface area contributed by atoms with E-state index >= 15 is 0 Å². The predicted molar refractivity (Wildman–Crippen MR) is 157 cm³/mol. The standard InChI is InChI=1S/C27H31N5O5S3/c1-16-30-32-13-20(29-25(32)39-16)23-12-19-21(10-18(34-5)11-22(19)37-23)36-14-17-15-38-24(28-17)27(6-8-35-9-7-27)31-40(33)26(2,3)4/h10-13,15,31H,6-9,14H2,1-5H3/t40-/m1/s1. The predicted octanol–water partition coefficient (Wildman–Crippen LogP) is 5.61. The van der Waals surface area contributed by atoms with E-state index in [0.717, 1.165) is 26.1 Å². The Kier molecular flexibility index (Phi) is 7.30. The molecule has 0 radical (unpaired) electrons. The number of thiazole rings is 1. The third-order valence-electron chi connectivity index (χ3n) is 6.73. The summed E-state index contributed by atoms with van der Waals surface area (Å²) >= 11 is 1.84. The van der Waals surface area contributed by atoms with Crippen LogP contribution in [0.25, 0.3) is 27.4 Å². The van der Waals surface area contributed by atoms with Gasteiger partial charge < -0.3 is 23.2 Å². The van der Waals surface area contributed by atoms with Crippen molar-refractivity contribution in [2.45, 2.75) is 57.4 Å². The summed E-state index contributed by atoms with van der Waals surface area (Å²) in [4.78, 5) is 10.4. The van der Waals surface area contributed by atoms with Gasteiger partial charge in [0.15, 0.2) is 5.76 Å². The van der Waals surface area contributed by atoms with E-state index in [4.69, 9.17) is 23.6 Å². The van der Waals surface area contributed by atoms with Crippen molar-refractivity contribution in [1.29, 1.82) is 0 Å². The molecule has 0 saturated carbocycles. The summed E-state index contributed by atoms with van der Waals surface area (Å²) in [5, 5.41) is 9.10. The maximum Gasteiger partial charge on any atom is 0.212 e. The van der Waals surface area contributed by atoms with Gasteiger partial charge in [0.25, 0.3) is 0 Å². The Labute approximate surface area is 243 Å². The summed E-state index contributed by atoms with van der Waals surface area (Å²) in [6, 6.07) is 5.61. The largest absolute Gasteiger partial charge is 0.598 e. The second kappa shape index (κ2) is 10.6. The van der Waals surface area contributed by atoms with Crippen molar-refractivity contribution in [3.63, 3.8) is 0 Å². The van der Waals surface area contributed by atoms with Crippen molar-refractivity contribution in [2.24, 2.45) is 0 Å². The van der Waals surface area contributed by atoms with E-state index in [0.29, 0.717) is 54.6 Å². The van der Waals surface area contributed by atoms with Gasteiger partial charge in [-0.15, -0.1) is 16.1 Å². The highest BCUT2D eigenvalue weighted by Crippen LogP contribution is 2.39. The molecule has 6 rings (SSSR count). The summed E-state index contributed by atoms with van der Waals surface area (Å²) in [6.07, 6.45) is 3.27. The number of nitrogens with zero attached hydrogens (tertiary/aromatic N) is 4. The molecule has 13 heteroatoms. The molecule has 212 valence electrons. The van der Waals surface area contributed by atoms with E-state index in [-0.39, 0.29) is 6.61 Å². The number of fused-ring (bicyclic) bond motifs is 2. The molecule has 1 N–H and O–H groups in total. The average molecular weight is 602 g/mol. The first-order valence-electron chi connectivity index (χ1n) is 12.9. The maximum absolute atomic E-state index is 13.1. The molecule has 1 saturated heterocycles. The number of benzene rings is 1. The minimum atomic E-state index is -1.24. The molecule has 1 aromatic carbocycles. The fraction of sp³-hybridized carbons (Fsp3) is 0.444. The summed E-state index contributed by atoms with van der Waals surface area (Å²) < 4.78 is 41.4. The molecule has 0 unspecified atom stereocenters. The first-order chi connectivity index (χ1) is 19.1. The zero-order chi connectivity index (χ0) is 28.1. The van der Waals surface area contributed by atoms with E-state index in [1.165, 1.54) is 11.3 Å². The highest BCUT2D eigenvalue weighted by Gasteiger charge is 2.44. The zero-order valence-electron chi connectivity index (χ0n) is 23.0. The third kappa shape index (κ3) is 5.33. The molecule has 4 aromatic heterocycles. The molecule has 0 bridgehead atoms. The Morgan fingerprint density at radius 3 is 2.73 bits per heavy atom. The lowest BCUT2D eigenvalue weighted by molar-refractivity contribution is 0.0455. The van der Waals surface area contributed by atoms with E-state index < -0.39 is 21.6 Å². The van der Waals surface area contributed by atoms with Gasteiger partial charge in [-0.1, -0.05) is 11.3 Å². The van der Waals surface area contributed by atoms with Gasteiger partial charge in [0.2, 0.25) is 4.96 Å². The second-order valence-corrected chi connectivity index (χ2v) is 14.7. The van der Waals surface area contributed by atoms with Gasteiger partial charge in [-0.05, 0) is 46.6 Å². The Balaban J connectivity index is 1.25. The Hall–Kier alpha value is -2.68. The quantitative estimate of drug-likeness (QED) is 0.226. The molecule has 1 aliphatic rings. The average Bonchev–Trinajstić information content (AvgIpc) is 3.70. The SMILES string of the molecule is COc1cc(OCc2csc(C3(N[S@+]([O-])C(C)(C)C)CCOCC3)n2)c2cc(-c3cn4nc(C)sc4n3)oc2c1. The number of nitrogens with one attached hydrogen (secondary N) is 1. The fourth-order valence-corrected chi connectivity index (χ4v) is 7.29.